The lowest BCUT2D eigenvalue weighted by atomic mass is 9.71. The van der Waals surface area contributed by atoms with E-state index in [0.29, 0.717) is 11.3 Å². The maximum absolute atomic E-state index is 13.4. The molecule has 1 aliphatic rings. The van der Waals surface area contributed by atoms with E-state index in [2.05, 4.69) is 34.3 Å². The minimum absolute atomic E-state index is 0.00300. The molecule has 2 N–H and O–H groups in total. The van der Waals surface area contributed by atoms with Gasteiger partial charge < -0.3 is 19.5 Å². The zero-order valence-electron chi connectivity index (χ0n) is 16.0. The van der Waals surface area contributed by atoms with Gasteiger partial charge in [-0.15, -0.1) is 0 Å². The Bertz CT molecular complexity index is 1100. The van der Waals surface area contributed by atoms with Crippen LogP contribution in [-0.4, -0.2) is 39.9 Å². The molecule has 0 saturated heterocycles. The van der Waals surface area contributed by atoms with Crippen LogP contribution in [0, 0.1) is 0 Å². The first-order valence-corrected chi connectivity index (χ1v) is 9.94. The molecule has 0 amide bonds. The number of nitrogens with zero attached hydrogens (tertiary/aromatic N) is 1. The van der Waals surface area contributed by atoms with Gasteiger partial charge >= 0.3 is 0 Å². The van der Waals surface area contributed by atoms with Crippen LogP contribution in [0.5, 0.6) is 5.75 Å². The molecule has 0 saturated carbocycles. The smallest absolute Gasteiger partial charge is 0.195 e. The lowest BCUT2D eigenvalue weighted by Gasteiger charge is -2.34. The summed E-state index contributed by atoms with van der Waals surface area (Å²) in [6.07, 6.45) is -0.936. The molecule has 0 unspecified atom stereocenters. The van der Waals surface area contributed by atoms with Crippen molar-refractivity contribution in [2.45, 2.75) is 25.4 Å². The monoisotopic (exact) mass is 443 g/mol. The van der Waals surface area contributed by atoms with Crippen molar-refractivity contribution in [3.05, 3.63) is 63.3 Å². The van der Waals surface area contributed by atoms with E-state index in [9.17, 15) is 9.90 Å². The number of aliphatic hydroxyl groups is 2. The zero-order chi connectivity index (χ0) is 20.2. The molecule has 3 aromatic rings. The van der Waals surface area contributed by atoms with Crippen LogP contribution in [-0.2, 0) is 12.5 Å². The Balaban J connectivity index is 1.88. The van der Waals surface area contributed by atoms with Gasteiger partial charge in [-0.2, -0.15) is 0 Å². The minimum Gasteiger partial charge on any atom is -0.491 e. The molecule has 1 aromatic heterocycles. The number of carbonyl (C=O) groups excluding carboxylic acids is 1. The van der Waals surface area contributed by atoms with Crippen LogP contribution in [0.1, 0.15) is 41.0 Å². The van der Waals surface area contributed by atoms with Gasteiger partial charge in [0.1, 0.15) is 18.5 Å². The Labute approximate surface area is 171 Å². The zero-order valence-corrected chi connectivity index (χ0v) is 17.6. The number of halogens is 1. The van der Waals surface area contributed by atoms with Crippen molar-refractivity contribution in [1.29, 1.82) is 0 Å². The number of aliphatic hydroxyl groups excluding tert-OH is 2. The van der Waals surface area contributed by atoms with E-state index >= 15 is 0 Å². The molecule has 4 rings (SSSR count). The molecule has 28 heavy (non-hydrogen) atoms. The van der Waals surface area contributed by atoms with Crippen molar-refractivity contribution >= 4 is 32.6 Å². The van der Waals surface area contributed by atoms with Crippen molar-refractivity contribution in [3.63, 3.8) is 0 Å². The highest BCUT2D eigenvalue weighted by atomic mass is 79.9. The first-order valence-electron chi connectivity index (χ1n) is 9.15. The second-order valence-electron chi connectivity index (χ2n) is 7.75. The van der Waals surface area contributed by atoms with E-state index < -0.39 is 11.5 Å². The summed E-state index contributed by atoms with van der Waals surface area (Å²) in [5.41, 5.74) is 3.90. The topological polar surface area (TPSA) is 71.7 Å². The predicted octanol–water partition coefficient (Wildman–Crippen LogP) is 3.54. The second-order valence-corrected chi connectivity index (χ2v) is 8.67. The van der Waals surface area contributed by atoms with Gasteiger partial charge in [-0.25, -0.2) is 0 Å². The number of ether oxygens (including phenoxy) is 1. The summed E-state index contributed by atoms with van der Waals surface area (Å²) < 4.78 is 8.68. The van der Waals surface area contributed by atoms with E-state index in [1.54, 1.807) is 12.1 Å². The molecule has 6 heteroatoms. The number of ketones is 1. The molecule has 0 aliphatic heterocycles. The molecule has 2 aromatic carbocycles. The van der Waals surface area contributed by atoms with E-state index in [-0.39, 0.29) is 19.0 Å². The van der Waals surface area contributed by atoms with E-state index in [4.69, 9.17) is 9.84 Å². The van der Waals surface area contributed by atoms with Crippen molar-refractivity contribution in [3.8, 4) is 5.75 Å². The van der Waals surface area contributed by atoms with Gasteiger partial charge in [0.15, 0.2) is 5.78 Å². The lowest BCUT2D eigenvalue weighted by molar-refractivity contribution is 0.0535. The quantitative estimate of drug-likeness (QED) is 0.646. The number of rotatable bonds is 4. The van der Waals surface area contributed by atoms with Crippen LogP contribution >= 0.6 is 15.9 Å². The predicted molar refractivity (Wildman–Crippen MR) is 111 cm³/mol. The maximum Gasteiger partial charge on any atom is 0.195 e. The molecule has 146 valence electrons. The van der Waals surface area contributed by atoms with Crippen molar-refractivity contribution < 1.29 is 19.7 Å². The van der Waals surface area contributed by atoms with Crippen LogP contribution in [0.3, 0.4) is 0 Å². The summed E-state index contributed by atoms with van der Waals surface area (Å²) in [6, 6.07) is 11.4. The van der Waals surface area contributed by atoms with Crippen LogP contribution in [0.25, 0.3) is 10.9 Å². The van der Waals surface area contributed by atoms with Gasteiger partial charge in [0.05, 0.1) is 12.2 Å². The number of hydrogen-bond acceptors (Lipinski definition) is 4. The van der Waals surface area contributed by atoms with E-state index in [1.165, 1.54) is 0 Å². The number of aromatic nitrogens is 1. The normalized spacial score (nSPS) is 16.0. The first kappa shape index (κ1) is 19.2. The molecule has 0 radical (unpaired) electrons. The highest BCUT2D eigenvalue weighted by Gasteiger charge is 2.41. The molecule has 0 bridgehead atoms. The van der Waals surface area contributed by atoms with Gasteiger partial charge in [0, 0.05) is 39.1 Å². The molecule has 1 aliphatic carbocycles. The van der Waals surface area contributed by atoms with Crippen molar-refractivity contribution in [2.75, 3.05) is 13.2 Å². The molecule has 0 fully saturated rings. The molecule has 1 atom stereocenters. The van der Waals surface area contributed by atoms with Crippen LogP contribution < -0.4 is 4.74 Å². The Morgan fingerprint density at radius 3 is 2.68 bits per heavy atom. The fraction of sp³-hybridized carbons (Fsp3) is 0.318. The van der Waals surface area contributed by atoms with Gasteiger partial charge in [0.2, 0.25) is 0 Å². The van der Waals surface area contributed by atoms with Gasteiger partial charge in [-0.3, -0.25) is 4.79 Å². The largest absolute Gasteiger partial charge is 0.491 e. The highest BCUT2D eigenvalue weighted by Crippen LogP contribution is 2.46. The van der Waals surface area contributed by atoms with Crippen LogP contribution in [0.2, 0.25) is 0 Å². The molecule has 5 nitrogen and oxygen atoms in total. The standard InChI is InChI=1S/C22H22BrNO4/c1-22(2)17-9-14(28-11-13(26)10-25)5-7-15(17)20(27)19-16-6-4-12(23)8-18(16)24(3)21(19)22/h4-9,13,25-26H,10-11H2,1-3H3/t13-/m1/s1. The molecule has 0 spiro atoms. The van der Waals surface area contributed by atoms with Crippen LogP contribution in [0.15, 0.2) is 40.9 Å². The van der Waals surface area contributed by atoms with Gasteiger partial charge in [-0.05, 0) is 35.9 Å². The SMILES string of the molecule is Cn1c2c(c3ccc(Br)cc31)C(=O)c1ccc(OC[C@H](O)CO)cc1C2(C)C. The Morgan fingerprint density at radius 1 is 1.21 bits per heavy atom. The first-order chi connectivity index (χ1) is 13.3. The third-order valence-electron chi connectivity index (χ3n) is 5.54. The van der Waals surface area contributed by atoms with E-state index in [0.717, 1.165) is 32.2 Å². The average Bonchev–Trinajstić information content (AvgIpc) is 2.97. The summed E-state index contributed by atoms with van der Waals surface area (Å²) in [5.74, 6) is 0.580. The fourth-order valence-electron chi connectivity index (χ4n) is 4.21. The Kier molecular flexibility index (Phi) is 4.61. The number of benzene rings is 2. The van der Waals surface area contributed by atoms with Crippen LogP contribution in [0.4, 0.5) is 0 Å². The number of fused-ring (bicyclic) bond motifs is 4. The number of carbonyl (C=O) groups is 1. The molecular weight excluding hydrogens is 422 g/mol. The average molecular weight is 444 g/mol. The summed E-state index contributed by atoms with van der Waals surface area (Å²) in [6.45, 7) is 3.86. The minimum atomic E-state index is -0.936. The maximum atomic E-state index is 13.4. The highest BCUT2D eigenvalue weighted by molar-refractivity contribution is 9.10. The number of aryl methyl sites for hydroxylation is 1. The summed E-state index contributed by atoms with van der Waals surface area (Å²) in [7, 11) is 1.99. The summed E-state index contributed by atoms with van der Waals surface area (Å²) >= 11 is 3.52. The fourth-order valence-corrected chi connectivity index (χ4v) is 4.56. The Hall–Kier alpha value is -2.15. The summed E-state index contributed by atoms with van der Waals surface area (Å²) in [5, 5.41) is 19.5. The van der Waals surface area contributed by atoms with Gasteiger partial charge in [0.25, 0.3) is 0 Å². The van der Waals surface area contributed by atoms with Crippen molar-refractivity contribution in [1.82, 2.24) is 4.57 Å². The second kappa shape index (κ2) is 6.72. The van der Waals surface area contributed by atoms with E-state index in [1.807, 2.05) is 31.3 Å². The summed E-state index contributed by atoms with van der Waals surface area (Å²) in [4.78, 5) is 13.4. The Morgan fingerprint density at radius 2 is 1.96 bits per heavy atom. The third kappa shape index (κ3) is 2.79. The van der Waals surface area contributed by atoms with Crippen molar-refractivity contribution in [2.24, 2.45) is 7.05 Å². The van der Waals surface area contributed by atoms with Gasteiger partial charge in [-0.1, -0.05) is 35.8 Å². The molecule has 1 heterocycles. The molecular formula is C22H22BrNO4. The lowest BCUT2D eigenvalue weighted by Crippen LogP contribution is -2.32. The number of hydrogen-bond donors (Lipinski definition) is 2. The third-order valence-corrected chi connectivity index (χ3v) is 6.04.